The first-order chi connectivity index (χ1) is 12.0. The number of benzene rings is 2. The van der Waals surface area contributed by atoms with Gasteiger partial charge in [0.15, 0.2) is 5.69 Å². The monoisotopic (exact) mass is 374 g/mol. The first kappa shape index (κ1) is 17.0. The Hall–Kier alpha value is -2.83. The molecule has 0 aliphatic carbocycles. The lowest BCUT2D eigenvalue weighted by Crippen LogP contribution is -2.41. The van der Waals surface area contributed by atoms with Crippen molar-refractivity contribution in [3.05, 3.63) is 82.1 Å². The van der Waals surface area contributed by atoms with Gasteiger partial charge in [0.05, 0.1) is 5.69 Å². The van der Waals surface area contributed by atoms with Crippen LogP contribution >= 0.6 is 23.2 Å². The predicted octanol–water partition coefficient (Wildman–Crippen LogP) is 3.25. The molecule has 8 heteroatoms. The second-order valence-electron chi connectivity index (χ2n) is 5.04. The molecule has 0 fully saturated rings. The van der Waals surface area contributed by atoms with Crippen molar-refractivity contribution in [1.82, 2.24) is 20.6 Å². The number of hydrogen-bond donors (Lipinski definition) is 2. The molecule has 0 saturated heterocycles. The van der Waals surface area contributed by atoms with E-state index >= 15 is 0 Å². The van der Waals surface area contributed by atoms with Gasteiger partial charge in [-0.25, -0.2) is 4.68 Å². The molecule has 6 nitrogen and oxygen atoms in total. The van der Waals surface area contributed by atoms with Crippen molar-refractivity contribution in [1.29, 1.82) is 0 Å². The lowest BCUT2D eigenvalue weighted by Gasteiger charge is -2.06. The van der Waals surface area contributed by atoms with E-state index in [4.69, 9.17) is 23.2 Å². The van der Waals surface area contributed by atoms with Crippen molar-refractivity contribution in [3.8, 4) is 5.69 Å². The lowest BCUT2D eigenvalue weighted by molar-refractivity contribution is 0.0843. The highest BCUT2D eigenvalue weighted by atomic mass is 35.5. The second-order valence-corrected chi connectivity index (χ2v) is 5.91. The van der Waals surface area contributed by atoms with Gasteiger partial charge in [0.1, 0.15) is 0 Å². The van der Waals surface area contributed by atoms with Crippen LogP contribution in [0.3, 0.4) is 0 Å². The van der Waals surface area contributed by atoms with Gasteiger partial charge in [-0.2, -0.15) is 5.10 Å². The first-order valence-corrected chi connectivity index (χ1v) is 7.96. The van der Waals surface area contributed by atoms with E-state index in [1.54, 1.807) is 48.7 Å². The summed E-state index contributed by atoms with van der Waals surface area (Å²) in [6, 6.07) is 14.9. The number of halogens is 2. The van der Waals surface area contributed by atoms with Crippen molar-refractivity contribution in [2.75, 3.05) is 0 Å². The summed E-state index contributed by atoms with van der Waals surface area (Å²) in [5.41, 5.74) is 5.88. The van der Waals surface area contributed by atoms with Crippen molar-refractivity contribution < 1.29 is 9.59 Å². The fourth-order valence-electron chi connectivity index (χ4n) is 2.06. The van der Waals surface area contributed by atoms with Crippen molar-refractivity contribution in [3.63, 3.8) is 0 Å². The number of nitrogens with one attached hydrogen (secondary N) is 2. The highest BCUT2D eigenvalue weighted by molar-refractivity contribution is 6.31. The molecule has 0 radical (unpaired) electrons. The zero-order valence-electron chi connectivity index (χ0n) is 12.7. The summed E-state index contributed by atoms with van der Waals surface area (Å²) >= 11 is 11.7. The van der Waals surface area contributed by atoms with E-state index in [9.17, 15) is 9.59 Å². The zero-order chi connectivity index (χ0) is 17.8. The van der Waals surface area contributed by atoms with Crippen molar-refractivity contribution in [2.24, 2.45) is 0 Å². The van der Waals surface area contributed by atoms with Crippen LogP contribution in [0.4, 0.5) is 0 Å². The minimum absolute atomic E-state index is 0.149. The number of aromatic nitrogens is 2. The highest BCUT2D eigenvalue weighted by Crippen LogP contribution is 2.14. The minimum atomic E-state index is -0.539. The third-order valence-electron chi connectivity index (χ3n) is 3.29. The van der Waals surface area contributed by atoms with Crippen LogP contribution in [0.25, 0.3) is 5.69 Å². The standard InChI is InChI=1S/C17H12Cl2N4O2/c18-12-6-4-11(5-7-12)16(24)20-21-17(25)15-8-9-23(22-15)14-3-1-2-13(19)10-14/h1-10H,(H,20,24)(H,21,25). The molecule has 3 aromatic rings. The van der Waals surface area contributed by atoms with E-state index < -0.39 is 11.8 Å². The van der Waals surface area contributed by atoms with E-state index in [0.29, 0.717) is 15.6 Å². The molecule has 2 amide bonds. The van der Waals surface area contributed by atoms with Crippen LogP contribution in [0.15, 0.2) is 60.8 Å². The van der Waals surface area contributed by atoms with Gasteiger partial charge in [-0.15, -0.1) is 0 Å². The minimum Gasteiger partial charge on any atom is -0.267 e. The Bertz CT molecular complexity index is 922. The summed E-state index contributed by atoms with van der Waals surface area (Å²) in [4.78, 5) is 24.0. The third-order valence-corrected chi connectivity index (χ3v) is 3.78. The van der Waals surface area contributed by atoms with E-state index in [1.807, 2.05) is 6.07 Å². The number of carbonyl (C=O) groups is 2. The van der Waals surface area contributed by atoms with E-state index in [0.717, 1.165) is 5.69 Å². The molecule has 0 aliphatic heterocycles. The van der Waals surface area contributed by atoms with Gasteiger partial charge in [-0.3, -0.25) is 20.4 Å². The Morgan fingerprint density at radius 2 is 1.60 bits per heavy atom. The van der Waals surface area contributed by atoms with Gasteiger partial charge in [-0.1, -0.05) is 29.3 Å². The summed E-state index contributed by atoms with van der Waals surface area (Å²) in [6.07, 6.45) is 1.63. The largest absolute Gasteiger partial charge is 0.290 e. The van der Waals surface area contributed by atoms with E-state index in [1.165, 1.54) is 10.7 Å². The number of hydrogen-bond acceptors (Lipinski definition) is 3. The summed E-state index contributed by atoms with van der Waals surface area (Å²) in [6.45, 7) is 0. The Balaban J connectivity index is 1.64. The fourth-order valence-corrected chi connectivity index (χ4v) is 2.37. The molecule has 2 N–H and O–H groups in total. The molecule has 0 aliphatic rings. The summed E-state index contributed by atoms with van der Waals surface area (Å²) in [5.74, 6) is -0.998. The number of rotatable bonds is 3. The molecule has 2 aromatic carbocycles. The molecule has 0 unspecified atom stereocenters. The number of carbonyl (C=O) groups excluding carboxylic acids is 2. The maximum absolute atomic E-state index is 12.1. The normalized spacial score (nSPS) is 10.3. The molecular formula is C17H12Cl2N4O2. The maximum Gasteiger partial charge on any atom is 0.290 e. The highest BCUT2D eigenvalue weighted by Gasteiger charge is 2.12. The number of hydrazine groups is 1. The van der Waals surface area contributed by atoms with Gasteiger partial charge in [0, 0.05) is 21.8 Å². The second kappa shape index (κ2) is 7.38. The quantitative estimate of drug-likeness (QED) is 0.690. The van der Waals surface area contributed by atoms with Crippen LogP contribution in [-0.4, -0.2) is 21.6 Å². The molecule has 1 heterocycles. The Labute approximate surface area is 153 Å². The topological polar surface area (TPSA) is 76.0 Å². The first-order valence-electron chi connectivity index (χ1n) is 7.21. The summed E-state index contributed by atoms with van der Waals surface area (Å²) < 4.78 is 1.52. The Morgan fingerprint density at radius 3 is 2.32 bits per heavy atom. The van der Waals surface area contributed by atoms with Gasteiger partial charge in [0.25, 0.3) is 11.8 Å². The zero-order valence-corrected chi connectivity index (χ0v) is 14.3. The van der Waals surface area contributed by atoms with Crippen molar-refractivity contribution in [2.45, 2.75) is 0 Å². The lowest BCUT2D eigenvalue weighted by atomic mass is 10.2. The molecule has 3 rings (SSSR count). The van der Waals surface area contributed by atoms with Gasteiger partial charge in [-0.05, 0) is 48.5 Å². The van der Waals surface area contributed by atoms with Gasteiger partial charge < -0.3 is 0 Å². The summed E-state index contributed by atoms with van der Waals surface area (Å²) in [7, 11) is 0. The fraction of sp³-hybridized carbons (Fsp3) is 0. The molecule has 126 valence electrons. The molecule has 0 atom stereocenters. The molecule has 1 aromatic heterocycles. The van der Waals surface area contributed by atoms with Crippen molar-refractivity contribution >= 4 is 35.0 Å². The molecule has 0 bridgehead atoms. The van der Waals surface area contributed by atoms with Crippen LogP contribution in [0.1, 0.15) is 20.8 Å². The average molecular weight is 375 g/mol. The smallest absolute Gasteiger partial charge is 0.267 e. The Kier molecular flexibility index (Phi) is 5.02. The van der Waals surface area contributed by atoms with Crippen LogP contribution in [0.2, 0.25) is 10.0 Å². The van der Waals surface area contributed by atoms with Crippen LogP contribution in [0.5, 0.6) is 0 Å². The molecule has 0 spiro atoms. The molecular weight excluding hydrogens is 363 g/mol. The van der Waals surface area contributed by atoms with E-state index in [2.05, 4.69) is 16.0 Å². The number of amides is 2. The predicted molar refractivity (Wildman–Crippen MR) is 95.0 cm³/mol. The van der Waals surface area contributed by atoms with E-state index in [-0.39, 0.29) is 5.69 Å². The van der Waals surface area contributed by atoms with Crippen LogP contribution < -0.4 is 10.9 Å². The third kappa shape index (κ3) is 4.17. The molecule has 0 saturated carbocycles. The van der Waals surface area contributed by atoms with Crippen LogP contribution in [-0.2, 0) is 0 Å². The average Bonchev–Trinajstić information content (AvgIpc) is 3.10. The Morgan fingerprint density at radius 1 is 0.880 bits per heavy atom. The summed E-state index contributed by atoms with van der Waals surface area (Å²) in [5, 5.41) is 5.25. The van der Waals surface area contributed by atoms with Gasteiger partial charge in [0.2, 0.25) is 0 Å². The van der Waals surface area contributed by atoms with Crippen LogP contribution in [0, 0.1) is 0 Å². The maximum atomic E-state index is 12.1. The van der Waals surface area contributed by atoms with Gasteiger partial charge >= 0.3 is 0 Å². The SMILES string of the molecule is O=C(NNC(=O)c1ccn(-c2cccc(Cl)c2)n1)c1ccc(Cl)cc1. The number of nitrogens with zero attached hydrogens (tertiary/aromatic N) is 2. The molecule has 25 heavy (non-hydrogen) atoms.